The Morgan fingerprint density at radius 3 is 3.03 bits per heavy atom. The van der Waals surface area contributed by atoms with Gasteiger partial charge in [-0.05, 0) is 43.9 Å². The lowest BCUT2D eigenvalue weighted by Crippen LogP contribution is -2.33. The quantitative estimate of drug-likeness (QED) is 0.615. The predicted molar refractivity (Wildman–Crippen MR) is 109 cm³/mol. The van der Waals surface area contributed by atoms with Gasteiger partial charge >= 0.3 is 0 Å². The van der Waals surface area contributed by atoms with Crippen molar-refractivity contribution in [1.82, 2.24) is 19.3 Å². The summed E-state index contributed by atoms with van der Waals surface area (Å²) in [4.78, 5) is 30.7. The van der Waals surface area contributed by atoms with Crippen LogP contribution in [-0.4, -0.2) is 52.8 Å². The molecule has 0 aromatic carbocycles. The number of rotatable bonds is 7. The van der Waals surface area contributed by atoms with Crippen molar-refractivity contribution in [2.45, 2.75) is 38.8 Å². The van der Waals surface area contributed by atoms with Crippen LogP contribution < -0.4 is 10.9 Å². The minimum absolute atomic E-state index is 0.0549. The number of hydrogen-bond donors (Lipinski definition) is 1. The average Bonchev–Trinajstić information content (AvgIpc) is 3.36. The molecule has 0 aliphatic carbocycles. The second-order valence-corrected chi connectivity index (χ2v) is 7.41. The van der Waals surface area contributed by atoms with Gasteiger partial charge in [-0.15, -0.1) is 0 Å². The molecular weight excluding hydrogens is 372 g/mol. The van der Waals surface area contributed by atoms with E-state index in [1.165, 1.54) is 4.40 Å². The van der Waals surface area contributed by atoms with Crippen molar-refractivity contribution in [3.8, 4) is 0 Å². The maximum Gasteiger partial charge on any atom is 0.268 e. The average molecular weight is 398 g/mol. The Balaban J connectivity index is 1.77. The van der Waals surface area contributed by atoms with Crippen LogP contribution in [0.1, 0.15) is 35.3 Å². The molecule has 0 unspecified atom stereocenters. The molecule has 3 aromatic rings. The third-order valence-electron chi connectivity index (χ3n) is 5.37. The predicted octanol–water partition coefficient (Wildman–Crippen LogP) is 1.90. The van der Waals surface area contributed by atoms with Crippen LogP contribution in [0.3, 0.4) is 0 Å². The summed E-state index contributed by atoms with van der Waals surface area (Å²) in [6.07, 6.45) is 4.44. The van der Waals surface area contributed by atoms with Crippen molar-refractivity contribution in [3.05, 3.63) is 46.0 Å². The number of ether oxygens (including phenoxy) is 2. The van der Waals surface area contributed by atoms with Gasteiger partial charge in [-0.3, -0.25) is 14.0 Å². The van der Waals surface area contributed by atoms with Crippen LogP contribution in [0.5, 0.6) is 0 Å². The zero-order chi connectivity index (χ0) is 20.4. The van der Waals surface area contributed by atoms with E-state index in [9.17, 15) is 9.59 Å². The maximum absolute atomic E-state index is 13.1. The summed E-state index contributed by atoms with van der Waals surface area (Å²) in [6.45, 7) is 4.22. The van der Waals surface area contributed by atoms with Gasteiger partial charge in [-0.2, -0.15) is 0 Å². The number of amides is 1. The van der Waals surface area contributed by atoms with Gasteiger partial charge < -0.3 is 19.4 Å². The summed E-state index contributed by atoms with van der Waals surface area (Å²) >= 11 is 0. The molecule has 4 heterocycles. The molecule has 1 aliphatic heterocycles. The standard InChI is InChI=1S/C21H26N4O4/c1-14-6-3-8-25-18(14)23-19-16(21(25)27)12-17(24(19)9-5-10-28-2)20(26)22-13-15-7-4-11-29-15/h3,6,8,12,15H,4-5,7,9-11,13H2,1-2H3,(H,22,26)/t15-/m0/s1. The number of carbonyl (C=O) groups excluding carboxylic acids is 1. The lowest BCUT2D eigenvalue weighted by atomic mass is 10.2. The molecule has 4 rings (SSSR count). The Hall–Kier alpha value is -2.71. The van der Waals surface area contributed by atoms with Crippen LogP contribution >= 0.6 is 0 Å². The number of methoxy groups -OCH3 is 1. The van der Waals surface area contributed by atoms with Crippen molar-refractivity contribution in [2.75, 3.05) is 26.9 Å². The molecule has 0 spiro atoms. The SMILES string of the molecule is COCCCn1c(C(=O)NC[C@@H]2CCCO2)cc2c(=O)n3cccc(C)c3nc21. The molecule has 1 saturated heterocycles. The summed E-state index contributed by atoms with van der Waals surface area (Å²) in [5, 5.41) is 3.39. The first-order valence-corrected chi connectivity index (χ1v) is 10.00. The summed E-state index contributed by atoms with van der Waals surface area (Å²) in [5.74, 6) is -0.221. The van der Waals surface area contributed by atoms with E-state index in [0.29, 0.717) is 48.5 Å². The molecule has 154 valence electrons. The number of nitrogens with zero attached hydrogens (tertiary/aromatic N) is 3. The van der Waals surface area contributed by atoms with Gasteiger partial charge in [-0.1, -0.05) is 6.07 Å². The van der Waals surface area contributed by atoms with Crippen LogP contribution in [0, 0.1) is 6.92 Å². The molecule has 0 radical (unpaired) electrons. The van der Waals surface area contributed by atoms with Gasteiger partial charge in [0, 0.05) is 39.6 Å². The molecule has 1 atom stereocenters. The Kier molecular flexibility index (Phi) is 5.64. The van der Waals surface area contributed by atoms with Crippen molar-refractivity contribution in [2.24, 2.45) is 0 Å². The number of pyridine rings is 1. The molecular formula is C21H26N4O4. The van der Waals surface area contributed by atoms with Gasteiger partial charge in [0.2, 0.25) is 0 Å². The number of hydrogen-bond acceptors (Lipinski definition) is 5. The molecule has 0 bridgehead atoms. The molecule has 3 aromatic heterocycles. The highest BCUT2D eigenvalue weighted by molar-refractivity contribution is 5.98. The highest BCUT2D eigenvalue weighted by atomic mass is 16.5. The number of fused-ring (bicyclic) bond motifs is 2. The Bertz CT molecular complexity index is 1100. The first-order chi connectivity index (χ1) is 14.1. The molecule has 1 amide bonds. The summed E-state index contributed by atoms with van der Waals surface area (Å²) in [6, 6.07) is 5.39. The largest absolute Gasteiger partial charge is 0.385 e. The Morgan fingerprint density at radius 2 is 2.28 bits per heavy atom. The molecule has 0 saturated carbocycles. The zero-order valence-electron chi connectivity index (χ0n) is 16.8. The van der Waals surface area contributed by atoms with E-state index < -0.39 is 0 Å². The monoisotopic (exact) mass is 398 g/mol. The topological polar surface area (TPSA) is 86.9 Å². The number of aryl methyl sites for hydroxylation is 2. The lowest BCUT2D eigenvalue weighted by Gasteiger charge is -2.13. The van der Waals surface area contributed by atoms with Gasteiger partial charge in [-0.25, -0.2) is 4.98 Å². The van der Waals surface area contributed by atoms with Gasteiger partial charge in [0.15, 0.2) is 0 Å². The van der Waals surface area contributed by atoms with Crippen molar-refractivity contribution >= 4 is 22.6 Å². The van der Waals surface area contributed by atoms with E-state index in [2.05, 4.69) is 5.32 Å². The highest BCUT2D eigenvalue weighted by Crippen LogP contribution is 2.19. The van der Waals surface area contributed by atoms with Crippen LogP contribution in [0.4, 0.5) is 0 Å². The molecule has 8 heteroatoms. The first kappa shape index (κ1) is 19.6. The number of aromatic nitrogens is 3. The van der Waals surface area contributed by atoms with Crippen molar-refractivity contribution < 1.29 is 14.3 Å². The second-order valence-electron chi connectivity index (χ2n) is 7.41. The minimum atomic E-state index is -0.221. The molecule has 1 N–H and O–H groups in total. The summed E-state index contributed by atoms with van der Waals surface area (Å²) in [5.41, 5.74) is 2.30. The van der Waals surface area contributed by atoms with Crippen LogP contribution in [0.2, 0.25) is 0 Å². The fourth-order valence-corrected chi connectivity index (χ4v) is 3.85. The normalized spacial score (nSPS) is 16.7. The van der Waals surface area contributed by atoms with E-state index in [0.717, 1.165) is 25.0 Å². The molecule has 1 aliphatic rings. The Morgan fingerprint density at radius 1 is 1.41 bits per heavy atom. The highest BCUT2D eigenvalue weighted by Gasteiger charge is 2.22. The minimum Gasteiger partial charge on any atom is -0.385 e. The van der Waals surface area contributed by atoms with Crippen LogP contribution in [0.15, 0.2) is 29.2 Å². The fraction of sp³-hybridized carbons (Fsp3) is 0.476. The zero-order valence-corrected chi connectivity index (χ0v) is 16.8. The van der Waals surface area contributed by atoms with Gasteiger partial charge in [0.1, 0.15) is 17.0 Å². The smallest absolute Gasteiger partial charge is 0.268 e. The third-order valence-corrected chi connectivity index (χ3v) is 5.37. The van der Waals surface area contributed by atoms with Crippen LogP contribution in [0.25, 0.3) is 16.7 Å². The Labute approximate surface area is 168 Å². The molecule has 8 nitrogen and oxygen atoms in total. The van der Waals surface area contributed by atoms with Crippen LogP contribution in [-0.2, 0) is 16.0 Å². The summed E-state index contributed by atoms with van der Waals surface area (Å²) in [7, 11) is 1.64. The van der Waals surface area contributed by atoms with Crippen molar-refractivity contribution in [1.29, 1.82) is 0 Å². The van der Waals surface area contributed by atoms with E-state index in [4.69, 9.17) is 14.5 Å². The van der Waals surface area contributed by atoms with E-state index in [-0.39, 0.29) is 17.6 Å². The van der Waals surface area contributed by atoms with Gasteiger partial charge in [0.25, 0.3) is 11.5 Å². The molecule has 1 fully saturated rings. The third kappa shape index (κ3) is 3.77. The van der Waals surface area contributed by atoms with E-state index >= 15 is 0 Å². The second kappa shape index (κ2) is 8.34. The fourth-order valence-electron chi connectivity index (χ4n) is 3.85. The van der Waals surface area contributed by atoms with E-state index in [1.807, 2.05) is 23.6 Å². The lowest BCUT2D eigenvalue weighted by molar-refractivity contribution is 0.0849. The van der Waals surface area contributed by atoms with E-state index in [1.54, 1.807) is 19.4 Å². The number of nitrogens with one attached hydrogen (secondary N) is 1. The van der Waals surface area contributed by atoms with Gasteiger partial charge in [0.05, 0.1) is 11.5 Å². The van der Waals surface area contributed by atoms with Crippen molar-refractivity contribution in [3.63, 3.8) is 0 Å². The number of carbonyl (C=O) groups is 1. The first-order valence-electron chi connectivity index (χ1n) is 10.00. The maximum atomic E-state index is 13.1. The summed E-state index contributed by atoms with van der Waals surface area (Å²) < 4.78 is 14.1. The molecule has 29 heavy (non-hydrogen) atoms.